The number of carbonyl (C=O) groups excluding carboxylic acids is 1. The molecule has 3 nitrogen and oxygen atoms in total. The maximum Gasteiger partial charge on any atom is 0.351 e. The van der Waals surface area contributed by atoms with Gasteiger partial charge in [0.1, 0.15) is 12.2 Å². The average molecular weight is 183 g/mol. The first kappa shape index (κ1) is 9.09. The van der Waals surface area contributed by atoms with Gasteiger partial charge >= 0.3 is 5.97 Å². The van der Waals surface area contributed by atoms with Gasteiger partial charge < -0.3 is 4.18 Å². The molecule has 0 aliphatic heterocycles. The zero-order valence-electron chi connectivity index (χ0n) is 6.61. The number of aryl methyl sites for hydroxylation is 1. The van der Waals surface area contributed by atoms with Crippen LogP contribution >= 0.6 is 12.2 Å². The molecule has 0 radical (unpaired) electrons. The van der Waals surface area contributed by atoms with Gasteiger partial charge in [-0.3, -0.25) is 0 Å². The van der Waals surface area contributed by atoms with Crippen LogP contribution in [0.15, 0.2) is 24.3 Å². The van der Waals surface area contributed by atoms with Crippen molar-refractivity contribution in [2.24, 2.45) is 5.14 Å². The minimum Gasteiger partial charge on any atom is -0.371 e. The van der Waals surface area contributed by atoms with Gasteiger partial charge in [-0.15, -0.1) is 0 Å². The first-order valence-electron chi connectivity index (χ1n) is 3.38. The summed E-state index contributed by atoms with van der Waals surface area (Å²) in [5.74, 6) is -0.411. The molecule has 0 spiro atoms. The van der Waals surface area contributed by atoms with Gasteiger partial charge in [-0.1, -0.05) is 17.7 Å². The Morgan fingerprint density at radius 1 is 1.58 bits per heavy atom. The predicted molar refractivity (Wildman–Crippen MR) is 48.4 cm³/mol. The van der Waals surface area contributed by atoms with Gasteiger partial charge in [-0.2, -0.15) is 0 Å². The summed E-state index contributed by atoms with van der Waals surface area (Å²) in [5, 5.41) is 4.98. The van der Waals surface area contributed by atoms with E-state index in [0.717, 1.165) is 5.56 Å². The zero-order valence-corrected chi connectivity index (χ0v) is 7.43. The Balaban J connectivity index is 2.81. The van der Waals surface area contributed by atoms with Crippen LogP contribution in [0.1, 0.15) is 15.9 Å². The van der Waals surface area contributed by atoms with Crippen LogP contribution in [0.2, 0.25) is 0 Å². The molecule has 1 rings (SSSR count). The third-order valence-corrected chi connectivity index (χ3v) is 1.63. The Bertz CT molecular complexity index is 288. The van der Waals surface area contributed by atoms with E-state index >= 15 is 0 Å². The van der Waals surface area contributed by atoms with E-state index in [1.807, 2.05) is 13.0 Å². The summed E-state index contributed by atoms with van der Waals surface area (Å²) in [6.45, 7) is 1.91. The van der Waals surface area contributed by atoms with E-state index in [1.165, 1.54) is 0 Å². The molecule has 0 unspecified atom stereocenters. The minimum absolute atomic E-state index is 0.411. The van der Waals surface area contributed by atoms with Gasteiger partial charge in [0, 0.05) is 0 Å². The largest absolute Gasteiger partial charge is 0.371 e. The lowest BCUT2D eigenvalue weighted by atomic mass is 10.1. The number of hydrogen-bond donors (Lipinski definition) is 1. The number of hydrogen-bond acceptors (Lipinski definition) is 4. The third kappa shape index (κ3) is 2.25. The van der Waals surface area contributed by atoms with Crippen LogP contribution in [0, 0.1) is 6.92 Å². The van der Waals surface area contributed by atoms with Crippen LogP contribution in [-0.4, -0.2) is 5.97 Å². The molecule has 0 fully saturated rings. The molecule has 2 N–H and O–H groups in total. The average Bonchev–Trinajstić information content (AvgIpc) is 2.05. The van der Waals surface area contributed by atoms with Gasteiger partial charge in [0.25, 0.3) is 0 Å². The molecule has 1 aromatic rings. The normalized spacial score (nSPS) is 9.50. The molecule has 4 heteroatoms. The summed E-state index contributed by atoms with van der Waals surface area (Å²) in [5.41, 5.74) is 1.54. The van der Waals surface area contributed by atoms with Gasteiger partial charge in [0.2, 0.25) is 0 Å². The molecule has 0 saturated heterocycles. The van der Waals surface area contributed by atoms with Gasteiger partial charge in [-0.05, 0) is 19.1 Å². The zero-order chi connectivity index (χ0) is 8.97. The van der Waals surface area contributed by atoms with Crippen LogP contribution in [0.25, 0.3) is 0 Å². The van der Waals surface area contributed by atoms with Gasteiger partial charge in [0.05, 0.1) is 5.56 Å². The molecule has 0 aromatic heterocycles. The molecule has 0 amide bonds. The smallest absolute Gasteiger partial charge is 0.351 e. The summed E-state index contributed by atoms with van der Waals surface area (Å²) in [4.78, 5) is 11.1. The standard InChI is InChI=1S/C8H9NO2S/c1-6-3-2-4-7(5-6)8(10)11-12-9/h2-5H,9H2,1H3. The molecule has 0 aliphatic rings. The molecular weight excluding hydrogens is 174 g/mol. The van der Waals surface area contributed by atoms with Crippen molar-refractivity contribution in [2.75, 3.05) is 0 Å². The topological polar surface area (TPSA) is 52.3 Å². The number of benzene rings is 1. The fourth-order valence-electron chi connectivity index (χ4n) is 0.864. The van der Waals surface area contributed by atoms with Crippen molar-refractivity contribution in [2.45, 2.75) is 6.92 Å². The van der Waals surface area contributed by atoms with Gasteiger partial charge in [0.15, 0.2) is 0 Å². The van der Waals surface area contributed by atoms with Crippen molar-refractivity contribution in [3.05, 3.63) is 35.4 Å². The Morgan fingerprint density at radius 2 is 2.33 bits per heavy atom. The molecule has 0 aliphatic carbocycles. The molecule has 1 aromatic carbocycles. The maximum absolute atomic E-state index is 11.1. The van der Waals surface area contributed by atoms with Crippen LogP contribution in [0.3, 0.4) is 0 Å². The molecule has 64 valence electrons. The highest BCUT2D eigenvalue weighted by Crippen LogP contribution is 2.07. The summed E-state index contributed by atoms with van der Waals surface area (Å²) >= 11 is 0.561. The highest BCUT2D eigenvalue weighted by Gasteiger charge is 2.05. The number of carbonyl (C=O) groups is 1. The molecule has 0 bridgehead atoms. The van der Waals surface area contributed by atoms with Crippen molar-refractivity contribution in [3.63, 3.8) is 0 Å². The second-order valence-electron chi connectivity index (χ2n) is 2.34. The number of nitrogens with two attached hydrogens (primary N) is 1. The van der Waals surface area contributed by atoms with E-state index in [9.17, 15) is 4.79 Å². The summed E-state index contributed by atoms with van der Waals surface area (Å²) in [6.07, 6.45) is 0. The highest BCUT2D eigenvalue weighted by molar-refractivity contribution is 7.92. The van der Waals surface area contributed by atoms with E-state index in [1.54, 1.807) is 18.2 Å². The van der Waals surface area contributed by atoms with Crippen LogP contribution in [-0.2, 0) is 4.18 Å². The van der Waals surface area contributed by atoms with Crippen molar-refractivity contribution < 1.29 is 8.98 Å². The molecule has 0 heterocycles. The quantitative estimate of drug-likeness (QED) is 0.559. The second-order valence-corrected chi connectivity index (χ2v) is 2.70. The molecule has 0 atom stereocenters. The SMILES string of the molecule is Cc1cccc(C(=O)OSN)c1. The Hall–Kier alpha value is -1.00. The van der Waals surface area contributed by atoms with E-state index in [4.69, 9.17) is 5.14 Å². The van der Waals surface area contributed by atoms with Crippen molar-refractivity contribution in [3.8, 4) is 0 Å². The van der Waals surface area contributed by atoms with Crippen LogP contribution in [0.5, 0.6) is 0 Å². The van der Waals surface area contributed by atoms with Crippen LogP contribution in [0.4, 0.5) is 0 Å². The van der Waals surface area contributed by atoms with E-state index in [-0.39, 0.29) is 0 Å². The van der Waals surface area contributed by atoms with Crippen molar-refractivity contribution in [1.82, 2.24) is 0 Å². The van der Waals surface area contributed by atoms with Crippen molar-refractivity contribution in [1.29, 1.82) is 0 Å². The predicted octanol–water partition coefficient (Wildman–Crippen LogP) is 1.67. The lowest BCUT2D eigenvalue weighted by molar-refractivity contribution is 0.0768. The first-order valence-corrected chi connectivity index (χ1v) is 4.19. The summed E-state index contributed by atoms with van der Waals surface area (Å²) in [6, 6.07) is 7.14. The number of rotatable bonds is 2. The Kier molecular flexibility index (Phi) is 3.13. The molecule has 12 heavy (non-hydrogen) atoms. The second kappa shape index (κ2) is 4.13. The summed E-state index contributed by atoms with van der Waals surface area (Å²) in [7, 11) is 0. The van der Waals surface area contributed by atoms with E-state index in [0.29, 0.717) is 17.8 Å². The third-order valence-electron chi connectivity index (χ3n) is 1.38. The first-order chi connectivity index (χ1) is 5.74. The van der Waals surface area contributed by atoms with Gasteiger partial charge in [-0.25, -0.2) is 9.93 Å². The molecular formula is C8H9NO2S. The van der Waals surface area contributed by atoms with E-state index in [2.05, 4.69) is 4.18 Å². The lowest BCUT2D eigenvalue weighted by Crippen LogP contribution is -2.01. The maximum atomic E-state index is 11.1. The monoisotopic (exact) mass is 183 g/mol. The fraction of sp³-hybridized carbons (Fsp3) is 0.125. The van der Waals surface area contributed by atoms with E-state index < -0.39 is 5.97 Å². The Labute approximate surface area is 75.2 Å². The minimum atomic E-state index is -0.411. The van der Waals surface area contributed by atoms with Crippen molar-refractivity contribution >= 4 is 18.2 Å². The summed E-state index contributed by atoms with van der Waals surface area (Å²) < 4.78 is 4.54. The lowest BCUT2D eigenvalue weighted by Gasteiger charge is -1.99. The van der Waals surface area contributed by atoms with Crippen LogP contribution < -0.4 is 5.14 Å². The molecule has 0 saturated carbocycles. The Morgan fingerprint density at radius 3 is 2.92 bits per heavy atom. The fourth-order valence-corrected chi connectivity index (χ4v) is 1.05. The highest BCUT2D eigenvalue weighted by atomic mass is 32.2.